The average Bonchev–Trinajstić information content (AvgIpc) is 3.12. The van der Waals surface area contributed by atoms with E-state index in [1.807, 2.05) is 23.7 Å². The molecule has 0 saturated carbocycles. The van der Waals surface area contributed by atoms with Crippen LogP contribution in [0.25, 0.3) is 11.4 Å². The number of thioether (sulfide) groups is 1. The zero-order valence-electron chi connectivity index (χ0n) is 17.9. The smallest absolute Gasteiger partial charge is 0.237 e. The van der Waals surface area contributed by atoms with Crippen molar-refractivity contribution >= 4 is 29.0 Å². The number of benzene rings is 2. The predicted octanol–water partition coefficient (Wildman–Crippen LogP) is 4.73. The number of halogens is 2. The molecule has 9 heteroatoms. The van der Waals surface area contributed by atoms with E-state index in [2.05, 4.69) is 46.4 Å². The van der Waals surface area contributed by atoms with Gasteiger partial charge in [-0.3, -0.25) is 4.79 Å². The Morgan fingerprint density at radius 2 is 1.77 bits per heavy atom. The predicted molar refractivity (Wildman–Crippen MR) is 120 cm³/mol. The highest BCUT2D eigenvalue weighted by atomic mass is 32.2. The van der Waals surface area contributed by atoms with Gasteiger partial charge in [0.2, 0.25) is 5.91 Å². The number of hydrogen-bond donors (Lipinski definition) is 1. The summed E-state index contributed by atoms with van der Waals surface area (Å²) in [5, 5.41) is 11.1. The Labute approximate surface area is 184 Å². The number of aromatic nitrogens is 3. The van der Waals surface area contributed by atoms with Gasteiger partial charge in [-0.25, -0.2) is 8.78 Å². The van der Waals surface area contributed by atoms with E-state index in [0.717, 1.165) is 36.5 Å². The summed E-state index contributed by atoms with van der Waals surface area (Å²) < 4.78 is 28.2. The Kier molecular flexibility index (Phi) is 7.27. The topological polar surface area (TPSA) is 63.1 Å². The number of nitrogens with one attached hydrogen (secondary N) is 1. The van der Waals surface area contributed by atoms with Crippen molar-refractivity contribution in [3.63, 3.8) is 0 Å². The quantitative estimate of drug-likeness (QED) is 0.508. The summed E-state index contributed by atoms with van der Waals surface area (Å²) in [6, 6.07) is 11.4. The number of carbonyl (C=O) groups excluding carboxylic acids is 1. The third-order valence-electron chi connectivity index (χ3n) is 4.93. The molecular weight excluding hydrogens is 420 g/mol. The van der Waals surface area contributed by atoms with E-state index < -0.39 is 16.9 Å². The van der Waals surface area contributed by atoms with Crippen molar-refractivity contribution in [2.75, 3.05) is 23.3 Å². The van der Waals surface area contributed by atoms with Gasteiger partial charge in [0.05, 0.1) is 5.25 Å². The summed E-state index contributed by atoms with van der Waals surface area (Å²) in [7, 11) is 1.84. The number of amides is 1. The second-order valence-corrected chi connectivity index (χ2v) is 8.27. The van der Waals surface area contributed by atoms with Crippen LogP contribution in [0.1, 0.15) is 20.8 Å². The van der Waals surface area contributed by atoms with Gasteiger partial charge in [0, 0.05) is 43.1 Å². The number of hydrogen-bond acceptors (Lipinski definition) is 5. The molecule has 0 fully saturated rings. The minimum atomic E-state index is -1.01. The standard InChI is InChI=1S/C22H25F2N5OS/c1-5-29(6-2)17-10-7-15(8-11-17)20-26-27-22(28(20)4)31-14(3)21(30)25-16-9-12-18(23)19(24)13-16/h7-14H,5-6H2,1-4H3,(H,25,30). The third kappa shape index (κ3) is 5.22. The fraction of sp³-hybridized carbons (Fsp3) is 0.318. The summed E-state index contributed by atoms with van der Waals surface area (Å²) >= 11 is 1.24. The van der Waals surface area contributed by atoms with Gasteiger partial charge in [-0.05, 0) is 57.2 Å². The van der Waals surface area contributed by atoms with Crippen molar-refractivity contribution in [2.45, 2.75) is 31.2 Å². The first-order valence-electron chi connectivity index (χ1n) is 10.0. The van der Waals surface area contributed by atoms with Gasteiger partial charge in [-0.1, -0.05) is 11.8 Å². The molecule has 1 heterocycles. The fourth-order valence-corrected chi connectivity index (χ4v) is 3.92. The Balaban J connectivity index is 1.69. The van der Waals surface area contributed by atoms with Crippen LogP contribution in [-0.4, -0.2) is 39.0 Å². The largest absolute Gasteiger partial charge is 0.372 e. The Bertz CT molecular complexity index is 1050. The molecule has 1 amide bonds. The summed E-state index contributed by atoms with van der Waals surface area (Å²) in [4.78, 5) is 14.7. The maximum absolute atomic E-state index is 13.3. The molecule has 0 saturated heterocycles. The minimum Gasteiger partial charge on any atom is -0.372 e. The number of anilines is 2. The van der Waals surface area contributed by atoms with Crippen LogP contribution in [0.3, 0.4) is 0 Å². The molecule has 164 valence electrons. The van der Waals surface area contributed by atoms with Crippen LogP contribution < -0.4 is 10.2 Å². The Morgan fingerprint density at radius 1 is 1.10 bits per heavy atom. The average molecular weight is 446 g/mol. The highest BCUT2D eigenvalue weighted by Gasteiger charge is 2.20. The van der Waals surface area contributed by atoms with E-state index in [4.69, 9.17) is 0 Å². The van der Waals surface area contributed by atoms with E-state index in [1.54, 1.807) is 6.92 Å². The van der Waals surface area contributed by atoms with Gasteiger partial charge in [0.1, 0.15) is 0 Å². The summed E-state index contributed by atoms with van der Waals surface area (Å²) in [6.07, 6.45) is 0. The molecule has 0 aliphatic heterocycles. The third-order valence-corrected chi connectivity index (χ3v) is 6.06. The van der Waals surface area contributed by atoms with Crippen LogP contribution >= 0.6 is 11.8 Å². The highest BCUT2D eigenvalue weighted by Crippen LogP contribution is 2.27. The van der Waals surface area contributed by atoms with E-state index in [9.17, 15) is 13.6 Å². The maximum Gasteiger partial charge on any atom is 0.237 e. The van der Waals surface area contributed by atoms with Gasteiger partial charge in [-0.15, -0.1) is 10.2 Å². The van der Waals surface area contributed by atoms with Crippen molar-refractivity contribution in [1.82, 2.24) is 14.8 Å². The number of nitrogens with zero attached hydrogens (tertiary/aromatic N) is 4. The summed E-state index contributed by atoms with van der Waals surface area (Å²) in [5.74, 6) is -1.62. The second kappa shape index (κ2) is 9.91. The molecule has 6 nitrogen and oxygen atoms in total. The van der Waals surface area contributed by atoms with Crippen molar-refractivity contribution in [3.05, 3.63) is 54.1 Å². The lowest BCUT2D eigenvalue weighted by molar-refractivity contribution is -0.115. The molecule has 0 radical (unpaired) electrons. The van der Waals surface area contributed by atoms with Crippen molar-refractivity contribution in [2.24, 2.45) is 7.05 Å². The molecule has 0 spiro atoms. The summed E-state index contributed by atoms with van der Waals surface area (Å²) in [6.45, 7) is 7.82. The molecule has 1 atom stereocenters. The lowest BCUT2D eigenvalue weighted by Gasteiger charge is -2.21. The van der Waals surface area contributed by atoms with Crippen LogP contribution in [0.4, 0.5) is 20.2 Å². The number of rotatable bonds is 8. The highest BCUT2D eigenvalue weighted by molar-refractivity contribution is 8.00. The monoisotopic (exact) mass is 445 g/mol. The first kappa shape index (κ1) is 22.7. The molecule has 1 unspecified atom stereocenters. The molecule has 0 bridgehead atoms. The Morgan fingerprint density at radius 3 is 2.39 bits per heavy atom. The normalized spacial score (nSPS) is 11.9. The molecule has 0 aliphatic rings. The molecular formula is C22H25F2N5OS. The maximum atomic E-state index is 13.3. The van der Waals surface area contributed by atoms with Crippen LogP contribution in [0.15, 0.2) is 47.6 Å². The zero-order chi connectivity index (χ0) is 22.5. The zero-order valence-corrected chi connectivity index (χ0v) is 18.7. The lowest BCUT2D eigenvalue weighted by Crippen LogP contribution is -2.23. The molecule has 3 aromatic rings. The van der Waals surface area contributed by atoms with Gasteiger partial charge in [-0.2, -0.15) is 0 Å². The molecule has 0 aliphatic carbocycles. The van der Waals surface area contributed by atoms with E-state index in [1.165, 1.54) is 17.8 Å². The van der Waals surface area contributed by atoms with Gasteiger partial charge >= 0.3 is 0 Å². The van der Waals surface area contributed by atoms with Gasteiger partial charge in [0.25, 0.3) is 0 Å². The first-order valence-corrected chi connectivity index (χ1v) is 10.9. The molecule has 31 heavy (non-hydrogen) atoms. The van der Waals surface area contributed by atoms with E-state index in [-0.39, 0.29) is 11.6 Å². The molecule has 1 aromatic heterocycles. The van der Waals surface area contributed by atoms with Crippen LogP contribution in [0, 0.1) is 11.6 Å². The van der Waals surface area contributed by atoms with Crippen molar-refractivity contribution in [1.29, 1.82) is 0 Å². The molecule has 1 N–H and O–H groups in total. The first-order chi connectivity index (χ1) is 14.8. The van der Waals surface area contributed by atoms with Crippen molar-refractivity contribution in [3.8, 4) is 11.4 Å². The van der Waals surface area contributed by atoms with Gasteiger partial charge < -0.3 is 14.8 Å². The van der Waals surface area contributed by atoms with E-state index >= 15 is 0 Å². The van der Waals surface area contributed by atoms with Crippen LogP contribution in [0.5, 0.6) is 0 Å². The van der Waals surface area contributed by atoms with Crippen molar-refractivity contribution < 1.29 is 13.6 Å². The fourth-order valence-electron chi connectivity index (χ4n) is 3.11. The summed E-state index contributed by atoms with van der Waals surface area (Å²) in [5.41, 5.74) is 2.27. The van der Waals surface area contributed by atoms with Crippen LogP contribution in [0.2, 0.25) is 0 Å². The Hall–Kier alpha value is -2.94. The second-order valence-electron chi connectivity index (χ2n) is 6.96. The number of carbonyl (C=O) groups is 1. The lowest BCUT2D eigenvalue weighted by atomic mass is 10.2. The molecule has 3 rings (SSSR count). The van der Waals surface area contributed by atoms with Crippen LogP contribution in [-0.2, 0) is 11.8 Å². The molecule has 2 aromatic carbocycles. The minimum absolute atomic E-state index is 0.197. The van der Waals surface area contributed by atoms with Gasteiger partial charge in [0.15, 0.2) is 22.6 Å². The van der Waals surface area contributed by atoms with E-state index in [0.29, 0.717) is 11.0 Å². The SMILES string of the molecule is CCN(CC)c1ccc(-c2nnc(SC(C)C(=O)Nc3ccc(F)c(F)c3)n2C)cc1.